The summed E-state index contributed by atoms with van der Waals surface area (Å²) in [4.78, 5) is 35.1. The van der Waals surface area contributed by atoms with Crippen LogP contribution in [0, 0.1) is 6.92 Å². The molecule has 10 heteroatoms. The molecule has 0 atom stereocenters. The van der Waals surface area contributed by atoms with E-state index in [0.717, 1.165) is 0 Å². The maximum Gasteiger partial charge on any atom is 0.263 e. The SMILES string of the molecule is COc1ccc(NC(=O)Cn2cc(-c3nc(-c4ccc(Cl)cc4)no3)c(=O)c3ccc(C)nc32)cc1. The zero-order chi connectivity index (χ0) is 25.2. The molecule has 5 rings (SSSR count). The molecule has 3 aromatic heterocycles. The smallest absolute Gasteiger partial charge is 0.263 e. The Morgan fingerprint density at radius 2 is 1.81 bits per heavy atom. The van der Waals surface area contributed by atoms with Crippen LogP contribution in [0.2, 0.25) is 5.02 Å². The standard InChI is InChI=1S/C26H20ClN5O4/c1-15-3-12-20-23(34)21(26-30-24(31-36-26)16-4-6-17(27)7-5-16)13-32(25(20)28-15)14-22(33)29-18-8-10-19(35-2)11-9-18/h3-13H,14H2,1-2H3,(H,29,33). The van der Waals surface area contributed by atoms with Crippen molar-refractivity contribution in [1.82, 2.24) is 19.7 Å². The van der Waals surface area contributed by atoms with E-state index in [2.05, 4.69) is 20.4 Å². The molecule has 36 heavy (non-hydrogen) atoms. The first-order valence-electron chi connectivity index (χ1n) is 11.0. The number of carbonyl (C=O) groups is 1. The third-order valence-corrected chi connectivity index (χ3v) is 5.76. The fourth-order valence-corrected chi connectivity index (χ4v) is 3.84. The average Bonchev–Trinajstić information content (AvgIpc) is 3.36. The summed E-state index contributed by atoms with van der Waals surface area (Å²) in [5.41, 5.74) is 2.23. The van der Waals surface area contributed by atoms with Gasteiger partial charge in [-0.2, -0.15) is 4.98 Å². The first kappa shape index (κ1) is 23.3. The highest BCUT2D eigenvalue weighted by Crippen LogP contribution is 2.24. The van der Waals surface area contributed by atoms with Gasteiger partial charge in [-0.15, -0.1) is 0 Å². The fraction of sp³-hybridized carbons (Fsp3) is 0.115. The van der Waals surface area contributed by atoms with Crippen molar-refractivity contribution in [3.63, 3.8) is 0 Å². The molecule has 0 radical (unpaired) electrons. The monoisotopic (exact) mass is 501 g/mol. The number of hydrogen-bond donors (Lipinski definition) is 1. The second-order valence-electron chi connectivity index (χ2n) is 8.03. The molecule has 5 aromatic rings. The van der Waals surface area contributed by atoms with E-state index >= 15 is 0 Å². The third kappa shape index (κ3) is 4.69. The van der Waals surface area contributed by atoms with Crippen LogP contribution < -0.4 is 15.5 Å². The van der Waals surface area contributed by atoms with Crippen molar-refractivity contribution in [3.8, 4) is 28.6 Å². The van der Waals surface area contributed by atoms with Crippen molar-refractivity contribution in [2.75, 3.05) is 12.4 Å². The first-order valence-corrected chi connectivity index (χ1v) is 11.3. The highest BCUT2D eigenvalue weighted by molar-refractivity contribution is 6.30. The van der Waals surface area contributed by atoms with E-state index < -0.39 is 0 Å². The van der Waals surface area contributed by atoms with Gasteiger partial charge in [0.1, 0.15) is 23.5 Å². The van der Waals surface area contributed by atoms with Gasteiger partial charge in [0, 0.05) is 28.2 Å². The maximum absolute atomic E-state index is 13.3. The van der Waals surface area contributed by atoms with Crippen LogP contribution in [0.5, 0.6) is 5.75 Å². The van der Waals surface area contributed by atoms with Gasteiger partial charge in [-0.05, 0) is 67.6 Å². The number of nitrogens with one attached hydrogen (secondary N) is 1. The van der Waals surface area contributed by atoms with Crippen LogP contribution in [0.3, 0.4) is 0 Å². The van der Waals surface area contributed by atoms with Crippen LogP contribution in [-0.2, 0) is 11.3 Å². The van der Waals surface area contributed by atoms with E-state index in [1.54, 1.807) is 72.3 Å². The number of methoxy groups -OCH3 is 1. The Balaban J connectivity index is 1.52. The minimum absolute atomic E-state index is 0.0386. The fourth-order valence-electron chi connectivity index (χ4n) is 3.71. The summed E-state index contributed by atoms with van der Waals surface area (Å²) >= 11 is 5.96. The van der Waals surface area contributed by atoms with Gasteiger partial charge in [0.25, 0.3) is 5.89 Å². The second kappa shape index (κ2) is 9.63. The molecular formula is C26H20ClN5O4. The van der Waals surface area contributed by atoms with Crippen molar-refractivity contribution in [2.24, 2.45) is 0 Å². The molecule has 0 saturated carbocycles. The molecule has 0 spiro atoms. The topological polar surface area (TPSA) is 112 Å². The number of aryl methyl sites for hydroxylation is 1. The number of nitrogens with zero attached hydrogens (tertiary/aromatic N) is 4. The van der Waals surface area contributed by atoms with E-state index in [9.17, 15) is 9.59 Å². The van der Waals surface area contributed by atoms with E-state index in [0.29, 0.717) is 44.6 Å². The van der Waals surface area contributed by atoms with E-state index in [1.165, 1.54) is 6.20 Å². The van der Waals surface area contributed by atoms with Crippen LogP contribution in [0.15, 0.2) is 76.2 Å². The summed E-state index contributed by atoms with van der Waals surface area (Å²) in [6.07, 6.45) is 1.52. The number of pyridine rings is 2. The largest absolute Gasteiger partial charge is 0.497 e. The number of ether oxygens (including phenoxy) is 1. The Bertz CT molecular complexity index is 1630. The van der Waals surface area contributed by atoms with Crippen molar-refractivity contribution in [1.29, 1.82) is 0 Å². The van der Waals surface area contributed by atoms with Gasteiger partial charge >= 0.3 is 0 Å². The summed E-state index contributed by atoms with van der Waals surface area (Å²) in [5, 5.41) is 7.76. The van der Waals surface area contributed by atoms with E-state index in [-0.39, 0.29) is 29.3 Å². The number of rotatable bonds is 6. The quantitative estimate of drug-likeness (QED) is 0.358. The number of fused-ring (bicyclic) bond motifs is 1. The van der Waals surface area contributed by atoms with Gasteiger partial charge in [-0.3, -0.25) is 9.59 Å². The van der Waals surface area contributed by atoms with Crippen molar-refractivity contribution in [3.05, 3.63) is 87.8 Å². The lowest BCUT2D eigenvalue weighted by molar-refractivity contribution is -0.116. The van der Waals surface area contributed by atoms with Crippen LogP contribution in [0.25, 0.3) is 33.9 Å². The van der Waals surface area contributed by atoms with Gasteiger partial charge in [-0.25, -0.2) is 4.98 Å². The van der Waals surface area contributed by atoms with Crippen LogP contribution in [0.4, 0.5) is 5.69 Å². The van der Waals surface area contributed by atoms with Gasteiger partial charge in [0.2, 0.25) is 17.2 Å². The minimum Gasteiger partial charge on any atom is -0.497 e. The lowest BCUT2D eigenvalue weighted by atomic mass is 10.1. The maximum atomic E-state index is 13.3. The molecule has 0 unspecified atom stereocenters. The predicted molar refractivity (Wildman–Crippen MR) is 136 cm³/mol. The molecule has 0 aliphatic carbocycles. The Labute approximate surface area is 210 Å². The van der Waals surface area contributed by atoms with Gasteiger partial charge in [-0.1, -0.05) is 16.8 Å². The summed E-state index contributed by atoms with van der Waals surface area (Å²) < 4.78 is 12.2. The molecule has 0 aliphatic heterocycles. The number of aromatic nitrogens is 4. The molecule has 1 amide bonds. The lowest BCUT2D eigenvalue weighted by Gasteiger charge is -2.12. The number of anilines is 1. The van der Waals surface area contributed by atoms with E-state index in [1.807, 2.05) is 6.92 Å². The van der Waals surface area contributed by atoms with Gasteiger partial charge in [0.15, 0.2) is 0 Å². The molecule has 180 valence electrons. The molecule has 0 fully saturated rings. The minimum atomic E-state index is -0.324. The molecule has 1 N–H and O–H groups in total. The molecule has 0 aliphatic rings. The van der Waals surface area contributed by atoms with Gasteiger partial charge in [0.05, 0.1) is 12.5 Å². The third-order valence-electron chi connectivity index (χ3n) is 5.51. The highest BCUT2D eigenvalue weighted by Gasteiger charge is 2.19. The second-order valence-corrected chi connectivity index (χ2v) is 8.47. The lowest BCUT2D eigenvalue weighted by Crippen LogP contribution is -2.22. The van der Waals surface area contributed by atoms with Crippen molar-refractivity contribution >= 4 is 34.2 Å². The molecule has 3 heterocycles. The zero-order valence-electron chi connectivity index (χ0n) is 19.4. The molecular weight excluding hydrogens is 482 g/mol. The van der Waals surface area contributed by atoms with Crippen molar-refractivity contribution in [2.45, 2.75) is 13.5 Å². The zero-order valence-corrected chi connectivity index (χ0v) is 20.1. The number of halogens is 1. The van der Waals surface area contributed by atoms with Crippen LogP contribution >= 0.6 is 11.6 Å². The van der Waals surface area contributed by atoms with Crippen molar-refractivity contribution < 1.29 is 14.1 Å². The summed E-state index contributed by atoms with van der Waals surface area (Å²) in [7, 11) is 1.57. The first-order chi connectivity index (χ1) is 17.4. The number of benzene rings is 2. The normalized spacial score (nSPS) is 11.0. The van der Waals surface area contributed by atoms with Crippen LogP contribution in [0.1, 0.15) is 5.69 Å². The van der Waals surface area contributed by atoms with Crippen LogP contribution in [-0.4, -0.2) is 32.7 Å². The Morgan fingerprint density at radius 3 is 2.53 bits per heavy atom. The number of amides is 1. The summed E-state index contributed by atoms with van der Waals surface area (Å²) in [5.74, 6) is 0.733. The highest BCUT2D eigenvalue weighted by atomic mass is 35.5. The molecule has 2 aromatic carbocycles. The average molecular weight is 502 g/mol. The summed E-state index contributed by atoms with van der Waals surface area (Å²) in [6, 6.07) is 17.3. The number of carbonyl (C=O) groups excluding carboxylic acids is 1. The molecule has 9 nitrogen and oxygen atoms in total. The molecule has 0 saturated heterocycles. The Hall–Kier alpha value is -4.50. The number of hydrogen-bond acceptors (Lipinski definition) is 7. The molecule has 0 bridgehead atoms. The Kier molecular flexibility index (Phi) is 6.22. The van der Waals surface area contributed by atoms with E-state index in [4.69, 9.17) is 20.9 Å². The predicted octanol–water partition coefficient (Wildman–Crippen LogP) is 4.72. The summed E-state index contributed by atoms with van der Waals surface area (Å²) in [6.45, 7) is 1.72. The van der Waals surface area contributed by atoms with Gasteiger partial charge < -0.3 is 19.1 Å². The Morgan fingerprint density at radius 1 is 1.06 bits per heavy atom.